The van der Waals surface area contributed by atoms with Crippen LogP contribution in [0.1, 0.15) is 49.3 Å². The summed E-state index contributed by atoms with van der Waals surface area (Å²) in [7, 11) is 0. The summed E-state index contributed by atoms with van der Waals surface area (Å²) in [6, 6.07) is 2.75. The van der Waals surface area contributed by atoms with E-state index in [1.165, 1.54) is 0 Å². The molecule has 0 saturated carbocycles. The van der Waals surface area contributed by atoms with Crippen LogP contribution in [0.5, 0.6) is 0 Å². The molecule has 6 nitrogen and oxygen atoms in total. The zero-order valence-electron chi connectivity index (χ0n) is 19.5. The fourth-order valence-corrected chi connectivity index (χ4v) is 6.85. The van der Waals surface area contributed by atoms with Gasteiger partial charge in [-0.15, -0.1) is 0 Å². The van der Waals surface area contributed by atoms with E-state index in [1.54, 1.807) is 11.8 Å². The van der Waals surface area contributed by atoms with Crippen molar-refractivity contribution in [2.75, 3.05) is 32.8 Å². The highest BCUT2D eigenvalue weighted by Gasteiger charge is 2.52. The SMILES string of the molecule is CC1=C(C(=O)N2CCc3c(I)cc(C(F)(F)F)cc3C2)C2(CCN(C3CCOCC3)CC2)OC1=O. The van der Waals surface area contributed by atoms with E-state index in [9.17, 15) is 22.8 Å². The molecule has 190 valence electrons. The highest BCUT2D eigenvalue weighted by molar-refractivity contribution is 14.1. The topological polar surface area (TPSA) is 59.1 Å². The molecule has 10 heteroatoms. The summed E-state index contributed by atoms with van der Waals surface area (Å²) in [4.78, 5) is 30.4. The molecule has 2 saturated heterocycles. The number of piperidine rings is 1. The summed E-state index contributed by atoms with van der Waals surface area (Å²) in [6.45, 7) is 5.03. The number of halogens is 4. The summed E-state index contributed by atoms with van der Waals surface area (Å²) in [5, 5.41) is 0. The Morgan fingerprint density at radius 3 is 2.49 bits per heavy atom. The molecular formula is C25H28F3IN2O4. The number of ether oxygens (including phenoxy) is 2. The molecule has 0 aromatic heterocycles. The molecule has 1 spiro atoms. The first-order valence-corrected chi connectivity index (χ1v) is 13.1. The third-order valence-electron chi connectivity index (χ3n) is 7.85. The van der Waals surface area contributed by atoms with Gasteiger partial charge in [0.15, 0.2) is 0 Å². The summed E-state index contributed by atoms with van der Waals surface area (Å²) >= 11 is 1.94. The van der Waals surface area contributed by atoms with Crippen molar-refractivity contribution in [1.29, 1.82) is 0 Å². The largest absolute Gasteiger partial charge is 0.450 e. The molecule has 0 N–H and O–H groups in total. The predicted molar refractivity (Wildman–Crippen MR) is 129 cm³/mol. The van der Waals surface area contributed by atoms with Crippen LogP contribution in [0.2, 0.25) is 0 Å². The second-order valence-corrected chi connectivity index (χ2v) is 11.0. The number of hydrogen-bond acceptors (Lipinski definition) is 5. The molecule has 1 aromatic rings. The van der Waals surface area contributed by atoms with Crippen molar-refractivity contribution in [2.24, 2.45) is 0 Å². The van der Waals surface area contributed by atoms with E-state index in [2.05, 4.69) is 4.90 Å². The van der Waals surface area contributed by atoms with E-state index in [-0.39, 0.29) is 12.5 Å². The van der Waals surface area contributed by atoms with Crippen LogP contribution in [-0.4, -0.2) is 66.2 Å². The van der Waals surface area contributed by atoms with Crippen LogP contribution in [0.4, 0.5) is 13.2 Å². The van der Waals surface area contributed by atoms with E-state index in [4.69, 9.17) is 9.47 Å². The Labute approximate surface area is 215 Å². The summed E-state index contributed by atoms with van der Waals surface area (Å²) in [5.41, 5.74) is 0.407. The van der Waals surface area contributed by atoms with Gasteiger partial charge in [0.05, 0.1) is 11.1 Å². The molecule has 0 atom stereocenters. The second-order valence-electron chi connectivity index (χ2n) is 9.83. The zero-order chi connectivity index (χ0) is 25.0. The third-order valence-corrected chi connectivity index (χ3v) is 8.81. The molecule has 4 aliphatic rings. The molecule has 0 radical (unpaired) electrons. The lowest BCUT2D eigenvalue weighted by Gasteiger charge is -2.44. The van der Waals surface area contributed by atoms with Crippen molar-refractivity contribution in [3.8, 4) is 0 Å². The number of esters is 1. The van der Waals surface area contributed by atoms with Crippen molar-refractivity contribution >= 4 is 34.5 Å². The van der Waals surface area contributed by atoms with Crippen molar-refractivity contribution in [1.82, 2.24) is 9.80 Å². The molecule has 0 unspecified atom stereocenters. The average molecular weight is 604 g/mol. The number of fused-ring (bicyclic) bond motifs is 1. The maximum atomic E-state index is 13.8. The summed E-state index contributed by atoms with van der Waals surface area (Å²) in [5.74, 6) is -0.773. The van der Waals surface area contributed by atoms with Crippen molar-refractivity contribution in [2.45, 2.75) is 63.4 Å². The van der Waals surface area contributed by atoms with E-state index in [0.717, 1.165) is 56.8 Å². The highest BCUT2D eigenvalue weighted by atomic mass is 127. The summed E-state index contributed by atoms with van der Waals surface area (Å²) in [6.07, 6.45) is -0.958. The van der Waals surface area contributed by atoms with Crippen LogP contribution in [0.15, 0.2) is 23.3 Å². The van der Waals surface area contributed by atoms with E-state index in [0.29, 0.717) is 52.1 Å². The summed E-state index contributed by atoms with van der Waals surface area (Å²) < 4.78 is 52.0. The molecule has 1 amide bonds. The Balaban J connectivity index is 1.37. The van der Waals surface area contributed by atoms with Crippen LogP contribution in [0.3, 0.4) is 0 Å². The van der Waals surface area contributed by atoms with Crippen LogP contribution < -0.4 is 0 Å². The second kappa shape index (κ2) is 9.33. The van der Waals surface area contributed by atoms with Crippen molar-refractivity contribution in [3.63, 3.8) is 0 Å². The van der Waals surface area contributed by atoms with E-state index in [1.807, 2.05) is 22.6 Å². The Morgan fingerprint density at radius 1 is 1.14 bits per heavy atom. The van der Waals surface area contributed by atoms with Crippen molar-refractivity contribution in [3.05, 3.63) is 43.5 Å². The number of nitrogens with zero attached hydrogens (tertiary/aromatic N) is 2. The van der Waals surface area contributed by atoms with Gasteiger partial charge in [0.25, 0.3) is 5.91 Å². The van der Waals surface area contributed by atoms with Gasteiger partial charge < -0.3 is 14.4 Å². The number of hydrogen-bond donors (Lipinski definition) is 0. The first-order chi connectivity index (χ1) is 16.6. The van der Waals surface area contributed by atoms with Gasteiger partial charge in [-0.1, -0.05) is 0 Å². The zero-order valence-corrected chi connectivity index (χ0v) is 21.7. The molecule has 2 fully saturated rings. The minimum Gasteiger partial charge on any atom is -0.450 e. The van der Waals surface area contributed by atoms with Gasteiger partial charge in [-0.3, -0.25) is 9.69 Å². The van der Waals surface area contributed by atoms with Gasteiger partial charge in [0, 0.05) is 67.4 Å². The fraction of sp³-hybridized carbons (Fsp3) is 0.600. The Hall–Kier alpha value is -1.66. The molecule has 35 heavy (non-hydrogen) atoms. The molecule has 4 heterocycles. The Bertz CT molecular complexity index is 1070. The lowest BCUT2D eigenvalue weighted by Crippen LogP contribution is -2.52. The molecule has 5 rings (SSSR count). The van der Waals surface area contributed by atoms with Crippen LogP contribution in [0, 0.1) is 3.57 Å². The van der Waals surface area contributed by atoms with E-state index >= 15 is 0 Å². The van der Waals surface area contributed by atoms with E-state index < -0.39 is 23.3 Å². The minimum atomic E-state index is -4.45. The number of carbonyl (C=O) groups is 2. The maximum Gasteiger partial charge on any atom is 0.416 e. The Kier molecular flexibility index (Phi) is 6.67. The molecule has 0 aliphatic carbocycles. The van der Waals surface area contributed by atoms with Gasteiger partial charge in [-0.05, 0) is 72.0 Å². The third kappa shape index (κ3) is 4.61. The van der Waals surface area contributed by atoms with Crippen LogP contribution in [-0.2, 0) is 38.2 Å². The predicted octanol–water partition coefficient (Wildman–Crippen LogP) is 4.08. The number of alkyl halides is 3. The van der Waals surface area contributed by atoms with Gasteiger partial charge in [-0.25, -0.2) is 4.79 Å². The molecule has 0 bridgehead atoms. The maximum absolute atomic E-state index is 13.8. The smallest absolute Gasteiger partial charge is 0.416 e. The standard InChI is InChI=1S/C25H28F3IN2O4/c1-15-21(24(35-23(15)33)5-8-30(9-6-24)18-3-10-34-11-4-18)22(32)31-7-2-19-16(14-31)12-17(13-20(19)29)25(26,27)28/h12-13,18H,2-11,14H2,1H3. The first-order valence-electron chi connectivity index (χ1n) is 12.0. The molecule has 4 aliphatic heterocycles. The van der Waals surface area contributed by atoms with Crippen molar-refractivity contribution < 1.29 is 32.2 Å². The number of rotatable bonds is 2. The van der Waals surface area contributed by atoms with Crippen LogP contribution >= 0.6 is 22.6 Å². The Morgan fingerprint density at radius 2 is 1.83 bits per heavy atom. The van der Waals surface area contributed by atoms with Crippen LogP contribution in [0.25, 0.3) is 0 Å². The number of likely N-dealkylation sites (tertiary alicyclic amines) is 1. The molecule has 1 aromatic carbocycles. The lowest BCUT2D eigenvalue weighted by molar-refractivity contribution is -0.152. The van der Waals surface area contributed by atoms with Gasteiger partial charge in [-0.2, -0.15) is 13.2 Å². The fourth-order valence-electron chi connectivity index (χ4n) is 5.90. The lowest BCUT2D eigenvalue weighted by atomic mass is 9.81. The minimum absolute atomic E-state index is 0.0866. The van der Waals surface area contributed by atoms with Gasteiger partial charge in [0.1, 0.15) is 5.60 Å². The van der Waals surface area contributed by atoms with Gasteiger partial charge >= 0.3 is 12.1 Å². The first kappa shape index (κ1) is 25.0. The van der Waals surface area contributed by atoms with Gasteiger partial charge in [0.2, 0.25) is 0 Å². The number of amides is 1. The average Bonchev–Trinajstić information content (AvgIpc) is 3.07. The quantitative estimate of drug-likeness (QED) is 0.377. The highest BCUT2D eigenvalue weighted by Crippen LogP contribution is 2.43. The molecular weight excluding hydrogens is 576 g/mol. The normalized spacial score (nSPS) is 23.6. The number of carbonyl (C=O) groups excluding carboxylic acids is 2. The monoisotopic (exact) mass is 604 g/mol. The number of benzene rings is 1.